The number of hydrogen-bond acceptors (Lipinski definition) is 4. The molecule has 157 valence electrons. The highest BCUT2D eigenvalue weighted by molar-refractivity contribution is 5.97. The van der Waals surface area contributed by atoms with E-state index in [1.807, 2.05) is 11.0 Å². The predicted molar refractivity (Wildman–Crippen MR) is 114 cm³/mol. The number of fused-ring (bicyclic) bond motifs is 1. The van der Waals surface area contributed by atoms with Gasteiger partial charge in [0.2, 0.25) is 11.8 Å². The number of rotatable bonds is 5. The van der Waals surface area contributed by atoms with Gasteiger partial charge in [-0.05, 0) is 61.6 Å². The van der Waals surface area contributed by atoms with Crippen LogP contribution in [0.5, 0.6) is 0 Å². The van der Waals surface area contributed by atoms with E-state index in [9.17, 15) is 9.59 Å². The molecule has 0 atom stereocenters. The molecule has 1 aromatic rings. The molecule has 2 saturated heterocycles. The molecule has 6 heteroatoms. The lowest BCUT2D eigenvalue weighted by Crippen LogP contribution is -2.52. The monoisotopic (exact) mass is 397 g/mol. The largest absolute Gasteiger partial charge is 0.366 e. The SMILES string of the molecule is NC(=O)c1c(C[CH]C(=O)N2CCC(N3CCNCC3)CC2)ccc2c1CCCC2. The summed E-state index contributed by atoms with van der Waals surface area (Å²) in [6, 6.07) is 4.71. The summed E-state index contributed by atoms with van der Waals surface area (Å²) in [5.41, 5.74) is 9.62. The number of likely N-dealkylation sites (tertiary alicyclic amines) is 1. The van der Waals surface area contributed by atoms with E-state index in [0.717, 1.165) is 82.5 Å². The van der Waals surface area contributed by atoms with Crippen LogP contribution < -0.4 is 11.1 Å². The summed E-state index contributed by atoms with van der Waals surface area (Å²) >= 11 is 0. The normalized spacial score (nSPS) is 21.0. The number of carbonyl (C=O) groups is 2. The van der Waals surface area contributed by atoms with Crippen LogP contribution in [0.2, 0.25) is 0 Å². The Labute approximate surface area is 173 Å². The first-order valence-electron chi connectivity index (χ1n) is 11.1. The molecule has 3 aliphatic rings. The number of nitrogens with zero attached hydrogens (tertiary/aromatic N) is 2. The third-order valence-corrected chi connectivity index (χ3v) is 6.81. The molecule has 0 unspecified atom stereocenters. The zero-order chi connectivity index (χ0) is 20.2. The Kier molecular flexibility index (Phi) is 6.50. The van der Waals surface area contributed by atoms with Gasteiger partial charge in [-0.3, -0.25) is 14.5 Å². The summed E-state index contributed by atoms with van der Waals surface area (Å²) in [5, 5.41) is 3.40. The number of piperazine rings is 1. The zero-order valence-corrected chi connectivity index (χ0v) is 17.3. The number of piperidine rings is 1. The van der Waals surface area contributed by atoms with Crippen LogP contribution in [0.3, 0.4) is 0 Å². The number of benzene rings is 1. The van der Waals surface area contributed by atoms with E-state index in [0.29, 0.717) is 18.0 Å². The number of nitrogens with one attached hydrogen (secondary N) is 1. The Morgan fingerprint density at radius 2 is 1.79 bits per heavy atom. The van der Waals surface area contributed by atoms with E-state index in [2.05, 4.69) is 16.3 Å². The van der Waals surface area contributed by atoms with Crippen molar-refractivity contribution in [2.24, 2.45) is 5.73 Å². The van der Waals surface area contributed by atoms with Crippen molar-refractivity contribution in [3.8, 4) is 0 Å². The molecule has 3 N–H and O–H groups in total. The van der Waals surface area contributed by atoms with Crippen molar-refractivity contribution in [2.45, 2.75) is 51.0 Å². The molecule has 1 aromatic carbocycles. The zero-order valence-electron chi connectivity index (χ0n) is 17.3. The number of carbonyl (C=O) groups excluding carboxylic acids is 2. The summed E-state index contributed by atoms with van der Waals surface area (Å²) in [4.78, 5) is 29.4. The quantitative estimate of drug-likeness (QED) is 0.785. The molecule has 2 fully saturated rings. The summed E-state index contributed by atoms with van der Waals surface area (Å²) in [6.45, 7) is 5.98. The van der Waals surface area contributed by atoms with Crippen molar-refractivity contribution < 1.29 is 9.59 Å². The lowest BCUT2D eigenvalue weighted by Gasteiger charge is -2.40. The summed E-state index contributed by atoms with van der Waals surface area (Å²) in [5.74, 6) is -0.284. The second-order valence-corrected chi connectivity index (χ2v) is 8.56. The number of aryl methyl sites for hydroxylation is 1. The van der Waals surface area contributed by atoms with Gasteiger partial charge in [0.25, 0.3) is 0 Å². The minimum absolute atomic E-state index is 0.0805. The number of amides is 2. The maximum atomic E-state index is 12.8. The third-order valence-electron chi connectivity index (χ3n) is 6.81. The fourth-order valence-electron chi connectivity index (χ4n) is 5.18. The molecule has 2 heterocycles. The Bertz CT molecular complexity index is 749. The van der Waals surface area contributed by atoms with Crippen LogP contribution in [0.1, 0.15) is 52.7 Å². The molecule has 4 rings (SSSR count). The number of nitrogens with two attached hydrogens (primary N) is 1. The number of hydrogen-bond donors (Lipinski definition) is 2. The van der Waals surface area contributed by atoms with E-state index in [4.69, 9.17) is 5.73 Å². The molecule has 29 heavy (non-hydrogen) atoms. The lowest BCUT2D eigenvalue weighted by atomic mass is 9.84. The predicted octanol–water partition coefficient (Wildman–Crippen LogP) is 1.31. The molecule has 0 aromatic heterocycles. The highest BCUT2D eigenvalue weighted by Gasteiger charge is 2.28. The van der Waals surface area contributed by atoms with Crippen LogP contribution >= 0.6 is 0 Å². The first-order chi connectivity index (χ1) is 14.1. The van der Waals surface area contributed by atoms with Gasteiger partial charge in [-0.2, -0.15) is 0 Å². The Morgan fingerprint density at radius 1 is 1.07 bits per heavy atom. The highest BCUT2D eigenvalue weighted by atomic mass is 16.2. The molecule has 0 spiro atoms. The van der Waals surface area contributed by atoms with Crippen LogP contribution in [0.25, 0.3) is 0 Å². The minimum Gasteiger partial charge on any atom is -0.366 e. The van der Waals surface area contributed by atoms with E-state index in [1.54, 1.807) is 6.42 Å². The third kappa shape index (κ3) is 4.64. The van der Waals surface area contributed by atoms with Crippen LogP contribution in [0.15, 0.2) is 12.1 Å². The van der Waals surface area contributed by atoms with Crippen molar-refractivity contribution in [1.29, 1.82) is 0 Å². The van der Waals surface area contributed by atoms with Gasteiger partial charge in [-0.1, -0.05) is 12.1 Å². The van der Waals surface area contributed by atoms with Gasteiger partial charge in [0.1, 0.15) is 0 Å². The van der Waals surface area contributed by atoms with Crippen LogP contribution in [-0.4, -0.2) is 66.9 Å². The average Bonchev–Trinajstić information content (AvgIpc) is 2.77. The molecular weight excluding hydrogens is 364 g/mol. The first-order valence-corrected chi connectivity index (χ1v) is 11.1. The van der Waals surface area contributed by atoms with E-state index in [1.165, 1.54) is 12.0 Å². The molecule has 0 bridgehead atoms. The Balaban J connectivity index is 1.34. The molecule has 6 nitrogen and oxygen atoms in total. The topological polar surface area (TPSA) is 78.7 Å². The van der Waals surface area contributed by atoms with Crippen molar-refractivity contribution in [3.63, 3.8) is 0 Å². The van der Waals surface area contributed by atoms with Gasteiger partial charge in [-0.15, -0.1) is 0 Å². The van der Waals surface area contributed by atoms with Gasteiger partial charge >= 0.3 is 0 Å². The minimum atomic E-state index is -0.364. The second kappa shape index (κ2) is 9.26. The number of primary amides is 1. The Morgan fingerprint density at radius 3 is 2.52 bits per heavy atom. The van der Waals surface area contributed by atoms with Crippen molar-refractivity contribution in [3.05, 3.63) is 40.8 Å². The highest BCUT2D eigenvalue weighted by Crippen LogP contribution is 2.28. The summed E-state index contributed by atoms with van der Waals surface area (Å²) in [7, 11) is 0. The van der Waals surface area contributed by atoms with Gasteiger partial charge in [-0.25, -0.2) is 0 Å². The average molecular weight is 398 g/mol. The van der Waals surface area contributed by atoms with Crippen LogP contribution in [0.4, 0.5) is 0 Å². The van der Waals surface area contributed by atoms with Gasteiger partial charge in [0, 0.05) is 50.9 Å². The molecule has 2 amide bonds. The fourth-order valence-corrected chi connectivity index (χ4v) is 5.18. The molecule has 1 radical (unpaired) electrons. The van der Waals surface area contributed by atoms with Gasteiger partial charge in [0.15, 0.2) is 0 Å². The summed E-state index contributed by atoms with van der Waals surface area (Å²) < 4.78 is 0. The van der Waals surface area contributed by atoms with E-state index < -0.39 is 0 Å². The molecule has 0 saturated carbocycles. The fraction of sp³-hybridized carbons (Fsp3) is 0.609. The smallest absolute Gasteiger partial charge is 0.249 e. The second-order valence-electron chi connectivity index (χ2n) is 8.56. The standard InChI is InChI=1S/C23H33N4O2/c24-23(29)22-18(6-5-17-3-1-2-4-20(17)22)7-8-21(28)27-13-9-19(10-14-27)26-15-11-25-12-16-26/h5-6,8,19,25H,1-4,7,9-16H2,(H2,24,29). The molecule has 1 aliphatic carbocycles. The Hall–Kier alpha value is -1.92. The molecular formula is C23H33N4O2. The van der Waals surface area contributed by atoms with E-state index in [-0.39, 0.29) is 11.8 Å². The van der Waals surface area contributed by atoms with Gasteiger partial charge in [0.05, 0.1) is 6.42 Å². The summed E-state index contributed by atoms with van der Waals surface area (Å²) in [6.07, 6.45) is 8.50. The molecule has 2 aliphatic heterocycles. The van der Waals surface area contributed by atoms with Gasteiger partial charge < -0.3 is 16.0 Å². The van der Waals surface area contributed by atoms with Crippen LogP contribution in [0, 0.1) is 6.42 Å². The first kappa shape index (κ1) is 20.4. The lowest BCUT2D eigenvalue weighted by molar-refractivity contribution is -0.129. The van der Waals surface area contributed by atoms with Crippen molar-refractivity contribution in [1.82, 2.24) is 15.1 Å². The van der Waals surface area contributed by atoms with E-state index >= 15 is 0 Å². The van der Waals surface area contributed by atoms with Crippen molar-refractivity contribution in [2.75, 3.05) is 39.3 Å². The van der Waals surface area contributed by atoms with Crippen molar-refractivity contribution >= 4 is 11.8 Å². The van der Waals surface area contributed by atoms with Crippen LogP contribution in [-0.2, 0) is 24.1 Å². The maximum Gasteiger partial charge on any atom is 0.249 e. The maximum absolute atomic E-state index is 12.8.